The number of thiophene rings is 1. The Morgan fingerprint density at radius 1 is 1.13 bits per heavy atom. The molecule has 0 atom stereocenters. The van der Waals surface area contributed by atoms with Gasteiger partial charge in [0.2, 0.25) is 0 Å². The summed E-state index contributed by atoms with van der Waals surface area (Å²) in [6.45, 7) is 7.19. The number of anilines is 1. The Balaban J connectivity index is 1.37. The number of benzene rings is 1. The lowest BCUT2D eigenvalue weighted by Crippen LogP contribution is -2.47. The first-order chi connectivity index (χ1) is 15.0. The number of aromatic nitrogens is 2. The average molecular weight is 438 g/mol. The molecule has 0 unspecified atom stereocenters. The summed E-state index contributed by atoms with van der Waals surface area (Å²) in [6, 6.07) is 9.39. The Hall–Kier alpha value is -3.00. The second-order valence-corrected chi connectivity index (χ2v) is 8.85. The van der Waals surface area contributed by atoms with Crippen LogP contribution in [0.15, 0.2) is 30.3 Å². The van der Waals surface area contributed by atoms with Crippen LogP contribution in [0.5, 0.6) is 0 Å². The molecule has 1 aliphatic rings. The van der Waals surface area contributed by atoms with Crippen LogP contribution in [0, 0.1) is 13.8 Å². The van der Waals surface area contributed by atoms with Gasteiger partial charge in [0.05, 0.1) is 4.88 Å². The minimum atomic E-state index is -0.0999. The van der Waals surface area contributed by atoms with Crippen molar-refractivity contribution < 1.29 is 9.59 Å². The van der Waals surface area contributed by atoms with E-state index in [0.29, 0.717) is 18.0 Å². The Labute approximate surface area is 185 Å². The monoisotopic (exact) mass is 437 g/mol. The lowest BCUT2D eigenvalue weighted by atomic mass is 10.0. The van der Waals surface area contributed by atoms with Crippen LogP contribution in [0.1, 0.15) is 46.5 Å². The van der Waals surface area contributed by atoms with Gasteiger partial charge in [-0.15, -0.1) is 11.3 Å². The molecule has 162 valence electrons. The van der Waals surface area contributed by atoms with E-state index < -0.39 is 0 Å². The van der Waals surface area contributed by atoms with Crippen molar-refractivity contribution in [1.29, 1.82) is 0 Å². The van der Waals surface area contributed by atoms with E-state index in [0.717, 1.165) is 52.2 Å². The van der Waals surface area contributed by atoms with Gasteiger partial charge in [-0.25, -0.2) is 14.8 Å². The minimum Gasteiger partial charge on any atom is -0.348 e. The fourth-order valence-electron chi connectivity index (χ4n) is 3.97. The Morgan fingerprint density at radius 2 is 1.84 bits per heavy atom. The zero-order chi connectivity index (χ0) is 22.0. The molecule has 1 aliphatic heterocycles. The average Bonchev–Trinajstić information content (AvgIpc) is 3.11. The molecule has 1 saturated heterocycles. The number of fused-ring (bicyclic) bond motifs is 1. The number of hydrogen-bond donors (Lipinski definition) is 2. The van der Waals surface area contributed by atoms with Crippen LogP contribution in [-0.2, 0) is 6.42 Å². The van der Waals surface area contributed by atoms with Gasteiger partial charge in [0, 0.05) is 42.3 Å². The first-order valence-corrected chi connectivity index (χ1v) is 11.5. The number of piperidine rings is 1. The zero-order valence-electron chi connectivity index (χ0n) is 18.1. The van der Waals surface area contributed by atoms with Crippen molar-refractivity contribution in [1.82, 2.24) is 20.2 Å². The van der Waals surface area contributed by atoms with E-state index in [9.17, 15) is 9.59 Å². The minimum absolute atomic E-state index is 0.0521. The van der Waals surface area contributed by atoms with Gasteiger partial charge in [0.1, 0.15) is 10.7 Å². The lowest BCUT2D eigenvalue weighted by Gasteiger charge is -2.32. The summed E-state index contributed by atoms with van der Waals surface area (Å²) in [5.74, 6) is 0.740. The number of hydrogen-bond acceptors (Lipinski definition) is 5. The quantitative estimate of drug-likeness (QED) is 0.637. The SMILES string of the molecule is CCc1nc(C)c2c(C)c(C(=O)NC3CCN(C(=O)Nc4ccccc4)CC3)sc2n1. The molecule has 7 nitrogen and oxygen atoms in total. The normalized spacial score (nSPS) is 14.6. The lowest BCUT2D eigenvalue weighted by molar-refractivity contribution is 0.0923. The predicted octanol–water partition coefficient (Wildman–Crippen LogP) is 4.30. The highest BCUT2D eigenvalue weighted by Gasteiger charge is 2.26. The van der Waals surface area contributed by atoms with Crippen molar-refractivity contribution in [2.24, 2.45) is 0 Å². The molecule has 3 aromatic rings. The molecule has 0 radical (unpaired) electrons. The summed E-state index contributed by atoms with van der Waals surface area (Å²) in [6.07, 6.45) is 2.24. The maximum absolute atomic E-state index is 13.0. The van der Waals surface area contributed by atoms with Crippen molar-refractivity contribution in [2.75, 3.05) is 18.4 Å². The largest absolute Gasteiger partial charge is 0.348 e. The zero-order valence-corrected chi connectivity index (χ0v) is 18.9. The topological polar surface area (TPSA) is 87.2 Å². The fourth-order valence-corrected chi connectivity index (χ4v) is 5.13. The van der Waals surface area contributed by atoms with E-state index in [1.165, 1.54) is 11.3 Å². The van der Waals surface area contributed by atoms with Gasteiger partial charge in [-0.05, 0) is 44.4 Å². The number of carbonyl (C=O) groups excluding carboxylic acids is 2. The second kappa shape index (κ2) is 9.01. The summed E-state index contributed by atoms with van der Waals surface area (Å²) in [5, 5.41) is 7.06. The molecule has 0 saturated carbocycles. The van der Waals surface area contributed by atoms with Gasteiger partial charge in [-0.2, -0.15) is 0 Å². The Kier molecular flexibility index (Phi) is 6.18. The summed E-state index contributed by atoms with van der Waals surface area (Å²) in [7, 11) is 0. The number of likely N-dealkylation sites (tertiary alicyclic amines) is 1. The maximum atomic E-state index is 13.0. The summed E-state index contributed by atoms with van der Waals surface area (Å²) >= 11 is 1.43. The molecule has 0 bridgehead atoms. The molecule has 4 rings (SSSR count). The number of nitrogens with one attached hydrogen (secondary N) is 2. The molecule has 8 heteroatoms. The van der Waals surface area contributed by atoms with Gasteiger partial charge >= 0.3 is 6.03 Å². The van der Waals surface area contributed by atoms with Crippen molar-refractivity contribution in [3.05, 3.63) is 52.3 Å². The van der Waals surface area contributed by atoms with Gasteiger partial charge in [-0.3, -0.25) is 4.79 Å². The maximum Gasteiger partial charge on any atom is 0.321 e. The molecule has 2 N–H and O–H groups in total. The summed E-state index contributed by atoms with van der Waals surface area (Å²) in [5.41, 5.74) is 2.65. The third-order valence-corrected chi connectivity index (χ3v) is 6.87. The van der Waals surface area contributed by atoms with E-state index in [4.69, 9.17) is 0 Å². The van der Waals surface area contributed by atoms with Crippen LogP contribution in [0.25, 0.3) is 10.2 Å². The van der Waals surface area contributed by atoms with Gasteiger partial charge < -0.3 is 15.5 Å². The van der Waals surface area contributed by atoms with Crippen molar-refractivity contribution in [3.8, 4) is 0 Å². The van der Waals surface area contributed by atoms with E-state index in [2.05, 4.69) is 20.6 Å². The fraction of sp³-hybridized carbons (Fsp3) is 0.391. The van der Waals surface area contributed by atoms with Crippen LogP contribution < -0.4 is 10.6 Å². The molecule has 3 amide bonds. The van der Waals surface area contributed by atoms with Gasteiger partial charge in [0.15, 0.2) is 0 Å². The second-order valence-electron chi connectivity index (χ2n) is 7.85. The molecule has 31 heavy (non-hydrogen) atoms. The number of carbonyl (C=O) groups is 2. The number of aryl methyl sites for hydroxylation is 3. The van der Waals surface area contributed by atoms with Gasteiger partial charge in [0.25, 0.3) is 5.91 Å². The van der Waals surface area contributed by atoms with Crippen molar-refractivity contribution in [3.63, 3.8) is 0 Å². The molecule has 0 spiro atoms. The highest BCUT2D eigenvalue weighted by atomic mass is 32.1. The summed E-state index contributed by atoms with van der Waals surface area (Å²) in [4.78, 5) is 38.0. The number of urea groups is 1. The number of nitrogens with zero attached hydrogens (tertiary/aromatic N) is 3. The Morgan fingerprint density at radius 3 is 2.52 bits per heavy atom. The van der Waals surface area contributed by atoms with Crippen LogP contribution in [0.2, 0.25) is 0 Å². The van der Waals surface area contributed by atoms with E-state index in [1.54, 1.807) is 4.90 Å². The van der Waals surface area contributed by atoms with Crippen LogP contribution >= 0.6 is 11.3 Å². The smallest absolute Gasteiger partial charge is 0.321 e. The van der Waals surface area contributed by atoms with E-state index >= 15 is 0 Å². The van der Waals surface area contributed by atoms with E-state index in [1.807, 2.05) is 51.1 Å². The highest BCUT2D eigenvalue weighted by Crippen LogP contribution is 2.31. The van der Waals surface area contributed by atoms with Crippen LogP contribution in [0.4, 0.5) is 10.5 Å². The third kappa shape index (κ3) is 4.54. The molecule has 1 fully saturated rings. The first kappa shape index (κ1) is 21.2. The molecule has 3 heterocycles. The van der Waals surface area contributed by atoms with E-state index in [-0.39, 0.29) is 18.0 Å². The highest BCUT2D eigenvalue weighted by molar-refractivity contribution is 7.20. The standard InChI is InChI=1S/C23H27N5O2S/c1-4-18-24-15(3)19-14(2)20(31-22(19)27-18)21(29)25-17-10-12-28(13-11-17)23(30)26-16-8-6-5-7-9-16/h5-9,17H,4,10-13H2,1-3H3,(H,25,29)(H,26,30). The van der Waals surface area contributed by atoms with Gasteiger partial charge in [-0.1, -0.05) is 25.1 Å². The molecular weight excluding hydrogens is 410 g/mol. The molecule has 0 aliphatic carbocycles. The predicted molar refractivity (Wildman–Crippen MR) is 124 cm³/mol. The number of rotatable bonds is 4. The molecular formula is C23H27N5O2S. The van der Waals surface area contributed by atoms with Crippen molar-refractivity contribution >= 4 is 39.2 Å². The third-order valence-electron chi connectivity index (χ3n) is 5.68. The first-order valence-electron chi connectivity index (χ1n) is 10.6. The summed E-state index contributed by atoms with van der Waals surface area (Å²) < 4.78 is 0. The molecule has 2 aromatic heterocycles. The Bertz CT molecular complexity index is 1100. The number of amides is 3. The van der Waals surface area contributed by atoms with Crippen molar-refractivity contribution in [2.45, 2.75) is 46.1 Å². The van der Waals surface area contributed by atoms with Crippen LogP contribution in [-0.4, -0.2) is 45.9 Å². The molecule has 1 aromatic carbocycles. The number of para-hydroxylation sites is 1. The van der Waals surface area contributed by atoms with Crippen LogP contribution in [0.3, 0.4) is 0 Å².